The van der Waals surface area contributed by atoms with Gasteiger partial charge >= 0.3 is 23.9 Å². The lowest BCUT2D eigenvalue weighted by atomic mass is 9.59. The van der Waals surface area contributed by atoms with Crippen LogP contribution >= 0.6 is 0 Å². The molecule has 208 valence electrons. The minimum Gasteiger partial charge on any atom is -0.468 e. The molecular formula is C32H32O8. The lowest BCUT2D eigenvalue weighted by Gasteiger charge is -2.43. The fourth-order valence-electron chi connectivity index (χ4n) is 5.85. The smallest absolute Gasteiger partial charge is 0.323 e. The van der Waals surface area contributed by atoms with Crippen molar-refractivity contribution < 1.29 is 38.1 Å². The van der Waals surface area contributed by atoms with E-state index in [0.717, 1.165) is 16.7 Å². The molecule has 0 unspecified atom stereocenters. The summed E-state index contributed by atoms with van der Waals surface area (Å²) in [6.45, 7) is 0. The van der Waals surface area contributed by atoms with E-state index in [4.69, 9.17) is 18.9 Å². The lowest BCUT2D eigenvalue weighted by molar-refractivity contribution is -0.169. The molecule has 0 saturated heterocycles. The highest BCUT2D eigenvalue weighted by atomic mass is 16.6. The van der Waals surface area contributed by atoms with Crippen molar-refractivity contribution in [2.45, 2.75) is 25.7 Å². The van der Waals surface area contributed by atoms with Gasteiger partial charge in [0.25, 0.3) is 0 Å². The minimum atomic E-state index is -1.71. The van der Waals surface area contributed by atoms with Crippen molar-refractivity contribution in [3.05, 3.63) is 94.1 Å². The van der Waals surface area contributed by atoms with Crippen LogP contribution in [0.5, 0.6) is 0 Å². The third-order valence-electron chi connectivity index (χ3n) is 7.60. The summed E-state index contributed by atoms with van der Waals surface area (Å²) in [4.78, 5) is 53.2. The second kappa shape index (κ2) is 11.7. The van der Waals surface area contributed by atoms with Crippen molar-refractivity contribution in [2.75, 3.05) is 28.4 Å². The number of carbonyl (C=O) groups excluding carboxylic acids is 4. The number of ether oxygens (including phenoxy) is 4. The Labute approximate surface area is 233 Å². The maximum atomic E-state index is 13.3. The van der Waals surface area contributed by atoms with Gasteiger partial charge in [-0.05, 0) is 40.7 Å². The molecule has 0 N–H and O–H groups in total. The molecule has 8 nitrogen and oxygen atoms in total. The first-order chi connectivity index (χ1) is 19.2. The number of hydrogen-bond acceptors (Lipinski definition) is 8. The van der Waals surface area contributed by atoms with Gasteiger partial charge in [0.2, 0.25) is 0 Å². The van der Waals surface area contributed by atoms with Crippen LogP contribution in [-0.2, 0) is 38.1 Å². The zero-order valence-electron chi connectivity index (χ0n) is 23.0. The second-order valence-corrected chi connectivity index (χ2v) is 9.98. The Hall–Kier alpha value is -4.46. The Balaban J connectivity index is 2.06. The Bertz CT molecular complexity index is 1260. The Morgan fingerprint density at radius 3 is 1.18 bits per heavy atom. The Morgan fingerprint density at radius 2 is 0.875 bits per heavy atom. The van der Waals surface area contributed by atoms with Crippen LogP contribution in [0.2, 0.25) is 0 Å². The molecule has 0 bridgehead atoms. The molecule has 0 fully saturated rings. The number of allylic oxidation sites excluding steroid dienone is 4. The van der Waals surface area contributed by atoms with Crippen molar-refractivity contribution in [3.63, 3.8) is 0 Å². The average Bonchev–Trinajstić information content (AvgIpc) is 2.99. The molecule has 0 heterocycles. The molecule has 40 heavy (non-hydrogen) atoms. The summed E-state index contributed by atoms with van der Waals surface area (Å²) >= 11 is 0. The van der Waals surface area contributed by atoms with E-state index in [1.807, 2.05) is 72.8 Å². The fourth-order valence-corrected chi connectivity index (χ4v) is 5.85. The average molecular weight is 545 g/mol. The summed E-state index contributed by atoms with van der Waals surface area (Å²) in [5.41, 5.74) is 1.01. The molecule has 2 aliphatic rings. The molecule has 2 aromatic carbocycles. The van der Waals surface area contributed by atoms with E-state index >= 15 is 0 Å². The number of benzene rings is 2. The number of hydrogen-bond donors (Lipinski definition) is 0. The van der Waals surface area contributed by atoms with Gasteiger partial charge in [-0.3, -0.25) is 19.2 Å². The van der Waals surface area contributed by atoms with Gasteiger partial charge in [-0.25, -0.2) is 0 Å². The highest BCUT2D eigenvalue weighted by Crippen LogP contribution is 2.55. The molecule has 8 heteroatoms. The van der Waals surface area contributed by atoms with Gasteiger partial charge < -0.3 is 18.9 Å². The van der Waals surface area contributed by atoms with Gasteiger partial charge in [0.1, 0.15) is 0 Å². The molecule has 2 aliphatic carbocycles. The van der Waals surface area contributed by atoms with Crippen molar-refractivity contribution >= 4 is 36.0 Å². The molecular weight excluding hydrogens is 512 g/mol. The standard InChI is InChI=1S/C32H32O8/c1-37-27(33)31(28(34)38-2)17-23(15-21-11-7-5-8-12-21)26-24(16-22-13-9-6-10-14-22)18-32(29(35)39-3,30(36)40-4)20-25(26)19-31/h5-16H,17-20H2,1-4H3/b23-15+,24-16+. The van der Waals surface area contributed by atoms with Crippen LogP contribution in [0.3, 0.4) is 0 Å². The molecule has 0 radical (unpaired) electrons. The third kappa shape index (κ3) is 5.09. The van der Waals surface area contributed by atoms with E-state index in [1.54, 1.807) is 0 Å². The summed E-state index contributed by atoms with van der Waals surface area (Å²) in [6, 6.07) is 19.0. The van der Waals surface area contributed by atoms with Crippen molar-refractivity contribution in [1.82, 2.24) is 0 Å². The molecule has 0 aromatic heterocycles. The molecule has 0 amide bonds. The maximum absolute atomic E-state index is 13.3. The first kappa shape index (κ1) is 28.5. The van der Waals surface area contributed by atoms with Crippen LogP contribution < -0.4 is 0 Å². The van der Waals surface area contributed by atoms with Crippen molar-refractivity contribution in [1.29, 1.82) is 0 Å². The van der Waals surface area contributed by atoms with Crippen molar-refractivity contribution in [2.24, 2.45) is 10.8 Å². The summed E-state index contributed by atoms with van der Waals surface area (Å²) in [5.74, 6) is -3.03. The highest BCUT2D eigenvalue weighted by molar-refractivity contribution is 6.04. The summed E-state index contributed by atoms with van der Waals surface area (Å²) in [7, 11) is 4.86. The SMILES string of the molecule is COC(=O)C1(C(=O)OC)CC2=C(/C(=C/c3ccccc3)C1)/C(=C/c1ccccc1)CC(C(=O)OC)(C(=O)OC)C2. The first-order valence-electron chi connectivity index (χ1n) is 12.8. The number of methoxy groups -OCH3 is 4. The minimum absolute atomic E-state index is 0.00958. The van der Waals surface area contributed by atoms with E-state index < -0.39 is 34.7 Å². The predicted octanol–water partition coefficient (Wildman–Crippen LogP) is 4.70. The molecule has 0 aliphatic heterocycles. The van der Waals surface area contributed by atoms with Crippen molar-refractivity contribution in [3.8, 4) is 0 Å². The van der Waals surface area contributed by atoms with Gasteiger partial charge in [-0.1, -0.05) is 78.4 Å². The van der Waals surface area contributed by atoms with E-state index in [0.29, 0.717) is 16.7 Å². The van der Waals surface area contributed by atoms with Crippen LogP contribution in [-0.4, -0.2) is 52.3 Å². The van der Waals surface area contributed by atoms with Crippen LogP contribution in [0.15, 0.2) is 83.0 Å². The number of carbonyl (C=O) groups is 4. The molecule has 4 rings (SSSR count). The Morgan fingerprint density at radius 1 is 0.550 bits per heavy atom. The van der Waals surface area contributed by atoms with Gasteiger partial charge in [0, 0.05) is 12.8 Å². The molecule has 0 atom stereocenters. The largest absolute Gasteiger partial charge is 0.468 e. The van der Waals surface area contributed by atoms with Gasteiger partial charge in [-0.15, -0.1) is 0 Å². The zero-order chi connectivity index (χ0) is 28.9. The van der Waals surface area contributed by atoms with Crippen LogP contribution in [0.25, 0.3) is 12.2 Å². The third-order valence-corrected chi connectivity index (χ3v) is 7.60. The summed E-state index contributed by atoms with van der Waals surface area (Å²) in [5, 5.41) is 0. The zero-order valence-corrected chi connectivity index (χ0v) is 23.0. The topological polar surface area (TPSA) is 105 Å². The first-order valence-corrected chi connectivity index (χ1v) is 12.8. The normalized spacial score (nSPS) is 19.4. The number of esters is 4. The number of rotatable bonds is 6. The molecule has 0 spiro atoms. The lowest BCUT2D eigenvalue weighted by Crippen LogP contribution is -2.48. The van der Waals surface area contributed by atoms with E-state index in [2.05, 4.69) is 0 Å². The van der Waals surface area contributed by atoms with E-state index in [1.165, 1.54) is 28.4 Å². The summed E-state index contributed by atoms with van der Waals surface area (Å²) < 4.78 is 20.5. The quantitative estimate of drug-likeness (QED) is 0.293. The monoisotopic (exact) mass is 544 g/mol. The van der Waals surface area contributed by atoms with Gasteiger partial charge in [0.05, 0.1) is 28.4 Å². The fraction of sp³-hybridized carbons (Fsp3) is 0.312. The molecule has 0 saturated carbocycles. The van der Waals surface area contributed by atoms with Crippen LogP contribution in [0, 0.1) is 10.8 Å². The second-order valence-electron chi connectivity index (χ2n) is 9.98. The van der Waals surface area contributed by atoms with E-state index in [-0.39, 0.29) is 25.7 Å². The highest BCUT2D eigenvalue weighted by Gasteiger charge is 2.58. The van der Waals surface area contributed by atoms with Crippen LogP contribution in [0.1, 0.15) is 36.8 Å². The maximum Gasteiger partial charge on any atom is 0.323 e. The summed E-state index contributed by atoms with van der Waals surface area (Å²) in [6.07, 6.45) is 3.64. The Kier molecular flexibility index (Phi) is 8.38. The molecule has 2 aromatic rings. The van der Waals surface area contributed by atoms with Crippen LogP contribution in [0.4, 0.5) is 0 Å². The predicted molar refractivity (Wildman–Crippen MR) is 147 cm³/mol. The van der Waals surface area contributed by atoms with E-state index in [9.17, 15) is 19.2 Å². The van der Waals surface area contributed by atoms with Gasteiger partial charge in [0.15, 0.2) is 10.8 Å². The van der Waals surface area contributed by atoms with Gasteiger partial charge in [-0.2, -0.15) is 0 Å².